The molecule has 0 aliphatic heterocycles. The zero-order valence-electron chi connectivity index (χ0n) is 6.32. The van der Waals surface area contributed by atoms with E-state index in [1.54, 1.807) is 0 Å². The maximum absolute atomic E-state index is 3.64. The smallest absolute Gasteiger partial charge is 0.0690 e. The number of halogens is 2. The van der Waals surface area contributed by atoms with E-state index in [0.29, 0.717) is 2.83 Å². The SMILES string of the molecule is CC1CCC(C(Br)I)CC1. The molecule has 0 nitrogen and oxygen atoms in total. The highest BCUT2D eigenvalue weighted by atomic mass is 127. The van der Waals surface area contributed by atoms with E-state index in [9.17, 15) is 0 Å². The topological polar surface area (TPSA) is 0 Å². The van der Waals surface area contributed by atoms with Gasteiger partial charge in [0.05, 0.1) is 2.83 Å². The maximum Gasteiger partial charge on any atom is 0.0690 e. The van der Waals surface area contributed by atoms with Crippen LogP contribution in [0.25, 0.3) is 0 Å². The van der Waals surface area contributed by atoms with Gasteiger partial charge in [-0.15, -0.1) is 0 Å². The van der Waals surface area contributed by atoms with Crippen molar-refractivity contribution in [2.24, 2.45) is 11.8 Å². The molecule has 1 aliphatic rings. The van der Waals surface area contributed by atoms with Crippen LogP contribution in [0.3, 0.4) is 0 Å². The number of rotatable bonds is 1. The van der Waals surface area contributed by atoms with Crippen molar-refractivity contribution < 1.29 is 0 Å². The molecular weight excluding hydrogens is 303 g/mol. The Kier molecular flexibility index (Phi) is 3.99. The van der Waals surface area contributed by atoms with E-state index in [2.05, 4.69) is 45.4 Å². The Morgan fingerprint density at radius 1 is 1.30 bits per heavy atom. The zero-order valence-corrected chi connectivity index (χ0v) is 10.1. The van der Waals surface area contributed by atoms with Crippen molar-refractivity contribution >= 4 is 38.5 Å². The Bertz CT molecular complexity index is 95.4. The molecular formula is C8H14BrI. The summed E-state index contributed by atoms with van der Waals surface area (Å²) in [5, 5.41) is 0. The molecule has 0 bridgehead atoms. The highest BCUT2D eigenvalue weighted by Gasteiger charge is 2.21. The third-order valence-corrected chi connectivity index (χ3v) is 4.18. The Labute approximate surface area is 85.4 Å². The van der Waals surface area contributed by atoms with Crippen LogP contribution >= 0.6 is 38.5 Å². The molecule has 1 rings (SSSR count). The van der Waals surface area contributed by atoms with E-state index in [1.807, 2.05) is 0 Å². The summed E-state index contributed by atoms with van der Waals surface area (Å²) in [6.07, 6.45) is 5.74. The molecule has 0 aromatic heterocycles. The molecule has 0 radical (unpaired) electrons. The van der Waals surface area contributed by atoms with Crippen molar-refractivity contribution in [2.45, 2.75) is 35.4 Å². The minimum atomic E-state index is 0.706. The summed E-state index contributed by atoms with van der Waals surface area (Å²) < 4.78 is 0.706. The Morgan fingerprint density at radius 2 is 1.80 bits per heavy atom. The van der Waals surface area contributed by atoms with Gasteiger partial charge in [0.1, 0.15) is 0 Å². The molecule has 0 aromatic carbocycles. The summed E-state index contributed by atoms with van der Waals surface area (Å²) in [5.74, 6) is 1.93. The van der Waals surface area contributed by atoms with Crippen LogP contribution in [0, 0.1) is 11.8 Å². The van der Waals surface area contributed by atoms with E-state index < -0.39 is 0 Å². The average molecular weight is 317 g/mol. The van der Waals surface area contributed by atoms with Crippen LogP contribution in [0.1, 0.15) is 32.6 Å². The number of hydrogen-bond donors (Lipinski definition) is 0. The Morgan fingerprint density at radius 3 is 2.20 bits per heavy atom. The molecule has 0 aromatic rings. The van der Waals surface area contributed by atoms with Gasteiger partial charge in [-0.1, -0.05) is 58.3 Å². The minimum absolute atomic E-state index is 0.706. The van der Waals surface area contributed by atoms with Crippen molar-refractivity contribution in [3.63, 3.8) is 0 Å². The third kappa shape index (κ3) is 2.68. The van der Waals surface area contributed by atoms with Crippen molar-refractivity contribution in [1.29, 1.82) is 0 Å². The molecule has 1 unspecified atom stereocenters. The van der Waals surface area contributed by atoms with Crippen LogP contribution in [0.2, 0.25) is 0 Å². The van der Waals surface area contributed by atoms with Crippen molar-refractivity contribution in [1.82, 2.24) is 0 Å². The lowest BCUT2D eigenvalue weighted by atomic mass is 9.84. The Hall–Kier alpha value is 1.21. The van der Waals surface area contributed by atoms with Gasteiger partial charge in [0, 0.05) is 0 Å². The van der Waals surface area contributed by atoms with Crippen LogP contribution < -0.4 is 0 Å². The van der Waals surface area contributed by atoms with Crippen LogP contribution in [0.5, 0.6) is 0 Å². The average Bonchev–Trinajstić information content (AvgIpc) is 1.88. The quantitative estimate of drug-likeness (QED) is 0.507. The highest BCUT2D eigenvalue weighted by molar-refractivity contribution is 14.1. The van der Waals surface area contributed by atoms with Gasteiger partial charge in [0.2, 0.25) is 0 Å². The summed E-state index contributed by atoms with van der Waals surface area (Å²) in [6.45, 7) is 2.37. The van der Waals surface area contributed by atoms with Gasteiger partial charge in [-0.3, -0.25) is 0 Å². The predicted octanol–water partition coefficient (Wildman–Crippen LogP) is 3.97. The molecule has 0 amide bonds. The maximum atomic E-state index is 3.64. The van der Waals surface area contributed by atoms with Gasteiger partial charge in [-0.25, -0.2) is 0 Å². The molecule has 1 atom stereocenters. The van der Waals surface area contributed by atoms with Crippen LogP contribution in [-0.4, -0.2) is 2.83 Å². The zero-order chi connectivity index (χ0) is 7.56. The first-order valence-electron chi connectivity index (χ1n) is 3.98. The second-order valence-corrected chi connectivity index (χ2v) is 7.39. The van der Waals surface area contributed by atoms with Crippen molar-refractivity contribution in [2.75, 3.05) is 0 Å². The van der Waals surface area contributed by atoms with Gasteiger partial charge in [0.15, 0.2) is 0 Å². The molecule has 1 fully saturated rings. The molecule has 0 spiro atoms. The molecule has 1 aliphatic carbocycles. The fourth-order valence-corrected chi connectivity index (χ4v) is 2.79. The molecule has 60 valence electrons. The lowest BCUT2D eigenvalue weighted by Crippen LogP contribution is -2.16. The molecule has 10 heavy (non-hydrogen) atoms. The van der Waals surface area contributed by atoms with Crippen LogP contribution in [0.4, 0.5) is 0 Å². The van der Waals surface area contributed by atoms with E-state index in [-0.39, 0.29) is 0 Å². The first-order chi connectivity index (χ1) is 4.70. The van der Waals surface area contributed by atoms with Gasteiger partial charge in [0.25, 0.3) is 0 Å². The van der Waals surface area contributed by atoms with Gasteiger partial charge in [-0.2, -0.15) is 0 Å². The minimum Gasteiger partial charge on any atom is -0.0772 e. The highest BCUT2D eigenvalue weighted by Crippen LogP contribution is 2.35. The fraction of sp³-hybridized carbons (Fsp3) is 1.00. The predicted molar refractivity (Wildman–Crippen MR) is 57.9 cm³/mol. The molecule has 0 N–H and O–H groups in total. The standard InChI is InChI=1S/C8H14BrI/c1-6-2-4-7(5-3-6)8(9)10/h6-8H,2-5H2,1H3. The molecule has 1 saturated carbocycles. The first kappa shape index (κ1) is 9.30. The van der Waals surface area contributed by atoms with E-state index in [4.69, 9.17) is 0 Å². The summed E-state index contributed by atoms with van der Waals surface area (Å²) in [6, 6.07) is 0. The van der Waals surface area contributed by atoms with E-state index >= 15 is 0 Å². The normalized spacial score (nSPS) is 37.5. The van der Waals surface area contributed by atoms with Gasteiger partial charge >= 0.3 is 0 Å². The fourth-order valence-electron chi connectivity index (χ4n) is 1.54. The second kappa shape index (κ2) is 4.29. The van der Waals surface area contributed by atoms with Gasteiger partial charge < -0.3 is 0 Å². The van der Waals surface area contributed by atoms with E-state index in [1.165, 1.54) is 25.7 Å². The van der Waals surface area contributed by atoms with Crippen molar-refractivity contribution in [3.8, 4) is 0 Å². The Balaban J connectivity index is 2.26. The lowest BCUT2D eigenvalue weighted by molar-refractivity contribution is 0.309. The van der Waals surface area contributed by atoms with Crippen LogP contribution in [-0.2, 0) is 0 Å². The summed E-state index contributed by atoms with van der Waals surface area (Å²) in [4.78, 5) is 0. The summed E-state index contributed by atoms with van der Waals surface area (Å²) in [7, 11) is 0. The number of hydrogen-bond acceptors (Lipinski definition) is 0. The number of alkyl halides is 2. The second-order valence-electron chi connectivity index (χ2n) is 3.35. The van der Waals surface area contributed by atoms with Gasteiger partial charge in [-0.05, 0) is 24.7 Å². The third-order valence-electron chi connectivity index (χ3n) is 2.42. The van der Waals surface area contributed by atoms with Crippen molar-refractivity contribution in [3.05, 3.63) is 0 Å². The molecule has 0 saturated heterocycles. The van der Waals surface area contributed by atoms with Crippen LogP contribution in [0.15, 0.2) is 0 Å². The summed E-state index contributed by atoms with van der Waals surface area (Å²) in [5.41, 5.74) is 0. The monoisotopic (exact) mass is 316 g/mol. The molecule has 0 heterocycles. The lowest BCUT2D eigenvalue weighted by Gasteiger charge is -2.26. The summed E-state index contributed by atoms with van der Waals surface area (Å²) >= 11 is 6.13. The largest absolute Gasteiger partial charge is 0.0772 e. The first-order valence-corrected chi connectivity index (χ1v) is 6.14. The molecule has 2 heteroatoms. The van der Waals surface area contributed by atoms with E-state index in [0.717, 1.165) is 11.8 Å².